The fourth-order valence-corrected chi connectivity index (χ4v) is 2.70. The minimum Gasteiger partial charge on any atom is -0.336 e. The van der Waals surface area contributed by atoms with Gasteiger partial charge in [0.15, 0.2) is 0 Å². The van der Waals surface area contributed by atoms with E-state index in [2.05, 4.69) is 10.2 Å². The molecule has 17 heavy (non-hydrogen) atoms. The SMILES string of the molecule is CC(C)NC(=O)N(CC1CC1)C1CCCCC1. The molecule has 1 N–H and O–H groups in total. The average molecular weight is 238 g/mol. The lowest BCUT2D eigenvalue weighted by Gasteiger charge is -2.35. The van der Waals surface area contributed by atoms with Crippen molar-refractivity contribution in [2.24, 2.45) is 5.92 Å². The molecule has 0 aromatic carbocycles. The Kier molecular flexibility index (Phi) is 4.30. The largest absolute Gasteiger partial charge is 0.336 e. The lowest BCUT2D eigenvalue weighted by Crippen LogP contribution is -2.49. The van der Waals surface area contributed by atoms with Crippen LogP contribution >= 0.6 is 0 Å². The van der Waals surface area contributed by atoms with Crippen LogP contribution in [0.3, 0.4) is 0 Å². The Morgan fingerprint density at radius 2 is 1.82 bits per heavy atom. The smallest absolute Gasteiger partial charge is 0.317 e. The van der Waals surface area contributed by atoms with E-state index in [0.29, 0.717) is 6.04 Å². The molecule has 3 nitrogen and oxygen atoms in total. The number of hydrogen-bond acceptors (Lipinski definition) is 1. The highest BCUT2D eigenvalue weighted by molar-refractivity contribution is 5.74. The predicted molar refractivity (Wildman–Crippen MR) is 70.0 cm³/mol. The summed E-state index contributed by atoms with van der Waals surface area (Å²) >= 11 is 0. The van der Waals surface area contributed by atoms with Crippen LogP contribution in [0.15, 0.2) is 0 Å². The van der Waals surface area contributed by atoms with E-state index in [1.807, 2.05) is 13.8 Å². The highest BCUT2D eigenvalue weighted by Gasteiger charge is 2.31. The van der Waals surface area contributed by atoms with E-state index >= 15 is 0 Å². The molecule has 2 rings (SSSR count). The zero-order chi connectivity index (χ0) is 12.3. The topological polar surface area (TPSA) is 32.3 Å². The summed E-state index contributed by atoms with van der Waals surface area (Å²) in [6.07, 6.45) is 8.98. The number of urea groups is 1. The number of carbonyl (C=O) groups excluding carboxylic acids is 1. The maximum atomic E-state index is 12.2. The molecule has 0 aromatic rings. The van der Waals surface area contributed by atoms with Crippen LogP contribution < -0.4 is 5.32 Å². The molecule has 2 fully saturated rings. The first-order valence-electron chi connectivity index (χ1n) is 7.24. The van der Waals surface area contributed by atoms with Crippen LogP contribution in [-0.2, 0) is 0 Å². The molecular weight excluding hydrogens is 212 g/mol. The van der Waals surface area contributed by atoms with Gasteiger partial charge < -0.3 is 10.2 Å². The summed E-state index contributed by atoms with van der Waals surface area (Å²) in [5, 5.41) is 3.06. The van der Waals surface area contributed by atoms with E-state index in [9.17, 15) is 4.79 Å². The van der Waals surface area contributed by atoms with E-state index in [1.165, 1.54) is 44.9 Å². The number of hydrogen-bond donors (Lipinski definition) is 1. The second-order valence-electron chi connectivity index (χ2n) is 5.99. The second-order valence-corrected chi connectivity index (χ2v) is 5.99. The zero-order valence-corrected chi connectivity index (χ0v) is 11.2. The number of carbonyl (C=O) groups is 1. The highest BCUT2D eigenvalue weighted by atomic mass is 16.2. The summed E-state index contributed by atoms with van der Waals surface area (Å²) in [6.45, 7) is 5.06. The van der Waals surface area contributed by atoms with Crippen LogP contribution in [-0.4, -0.2) is 29.6 Å². The van der Waals surface area contributed by atoms with Gasteiger partial charge in [0.05, 0.1) is 0 Å². The number of rotatable bonds is 4. The summed E-state index contributed by atoms with van der Waals surface area (Å²) in [5.41, 5.74) is 0. The van der Waals surface area contributed by atoms with Crippen LogP contribution in [0.2, 0.25) is 0 Å². The quantitative estimate of drug-likeness (QED) is 0.801. The van der Waals surface area contributed by atoms with Gasteiger partial charge in [-0.25, -0.2) is 4.79 Å². The number of nitrogens with zero attached hydrogens (tertiary/aromatic N) is 1. The molecule has 0 bridgehead atoms. The van der Waals surface area contributed by atoms with Crippen molar-refractivity contribution >= 4 is 6.03 Å². The standard InChI is InChI=1S/C14H26N2O/c1-11(2)15-14(17)16(10-12-8-9-12)13-6-4-3-5-7-13/h11-13H,3-10H2,1-2H3,(H,15,17). The maximum Gasteiger partial charge on any atom is 0.317 e. The lowest BCUT2D eigenvalue weighted by molar-refractivity contribution is 0.150. The molecule has 2 aliphatic rings. The Labute approximate surface area is 105 Å². The first kappa shape index (κ1) is 12.7. The van der Waals surface area contributed by atoms with Crippen molar-refractivity contribution in [1.82, 2.24) is 10.2 Å². The summed E-state index contributed by atoms with van der Waals surface area (Å²) in [4.78, 5) is 14.4. The molecular formula is C14H26N2O. The lowest BCUT2D eigenvalue weighted by atomic mass is 9.94. The summed E-state index contributed by atoms with van der Waals surface area (Å²) in [7, 11) is 0. The Bertz CT molecular complexity index is 255. The van der Waals surface area contributed by atoms with Gasteiger partial charge in [-0.1, -0.05) is 19.3 Å². The van der Waals surface area contributed by atoms with Crippen LogP contribution in [0.5, 0.6) is 0 Å². The molecule has 0 aromatic heterocycles. The highest BCUT2D eigenvalue weighted by Crippen LogP contribution is 2.32. The monoisotopic (exact) mass is 238 g/mol. The molecule has 0 saturated heterocycles. The molecule has 0 aliphatic heterocycles. The minimum absolute atomic E-state index is 0.166. The second kappa shape index (κ2) is 5.74. The third-order valence-electron chi connectivity index (χ3n) is 3.84. The third kappa shape index (κ3) is 3.90. The number of nitrogens with one attached hydrogen (secondary N) is 1. The van der Waals surface area contributed by atoms with E-state index < -0.39 is 0 Å². The first-order chi connectivity index (χ1) is 8.16. The van der Waals surface area contributed by atoms with Crippen LogP contribution in [0.25, 0.3) is 0 Å². The third-order valence-corrected chi connectivity index (χ3v) is 3.84. The molecule has 3 heteroatoms. The summed E-state index contributed by atoms with van der Waals surface area (Å²) < 4.78 is 0. The average Bonchev–Trinajstić information content (AvgIpc) is 3.10. The van der Waals surface area contributed by atoms with E-state index in [1.54, 1.807) is 0 Å². The van der Waals surface area contributed by atoms with Gasteiger partial charge in [-0.15, -0.1) is 0 Å². The van der Waals surface area contributed by atoms with Gasteiger partial charge in [0.25, 0.3) is 0 Å². The Morgan fingerprint density at radius 3 is 2.35 bits per heavy atom. The fourth-order valence-electron chi connectivity index (χ4n) is 2.70. The minimum atomic E-state index is 0.166. The normalized spacial score (nSPS) is 21.6. The Morgan fingerprint density at radius 1 is 1.18 bits per heavy atom. The Hall–Kier alpha value is -0.730. The van der Waals surface area contributed by atoms with Crippen molar-refractivity contribution < 1.29 is 4.79 Å². The maximum absolute atomic E-state index is 12.2. The molecule has 2 saturated carbocycles. The van der Waals surface area contributed by atoms with Crippen molar-refractivity contribution in [1.29, 1.82) is 0 Å². The predicted octanol–water partition coefficient (Wildman–Crippen LogP) is 3.15. The van der Waals surface area contributed by atoms with Crippen LogP contribution in [0.1, 0.15) is 58.8 Å². The van der Waals surface area contributed by atoms with Crippen LogP contribution in [0, 0.1) is 5.92 Å². The van der Waals surface area contributed by atoms with Crippen LogP contribution in [0.4, 0.5) is 4.79 Å². The van der Waals surface area contributed by atoms with Gasteiger partial charge in [0.1, 0.15) is 0 Å². The molecule has 98 valence electrons. The van der Waals surface area contributed by atoms with Gasteiger partial charge in [0.2, 0.25) is 0 Å². The molecule has 0 heterocycles. The van der Waals surface area contributed by atoms with Crippen molar-refractivity contribution in [2.45, 2.75) is 70.9 Å². The van der Waals surface area contributed by atoms with E-state index in [0.717, 1.165) is 12.5 Å². The summed E-state index contributed by atoms with van der Waals surface area (Å²) in [6, 6.07) is 0.912. The van der Waals surface area contributed by atoms with Crippen molar-refractivity contribution in [3.63, 3.8) is 0 Å². The molecule has 2 amide bonds. The fraction of sp³-hybridized carbons (Fsp3) is 0.929. The van der Waals surface area contributed by atoms with E-state index in [-0.39, 0.29) is 12.1 Å². The molecule has 0 atom stereocenters. The Balaban J connectivity index is 1.92. The van der Waals surface area contributed by atoms with Gasteiger partial charge in [-0.05, 0) is 45.4 Å². The summed E-state index contributed by atoms with van der Waals surface area (Å²) in [5.74, 6) is 0.787. The first-order valence-corrected chi connectivity index (χ1v) is 7.24. The zero-order valence-electron chi connectivity index (χ0n) is 11.2. The molecule has 0 spiro atoms. The van der Waals surface area contributed by atoms with Crippen molar-refractivity contribution in [2.75, 3.05) is 6.54 Å². The van der Waals surface area contributed by atoms with Gasteiger partial charge in [-0.2, -0.15) is 0 Å². The van der Waals surface area contributed by atoms with Crippen molar-refractivity contribution in [3.05, 3.63) is 0 Å². The number of amides is 2. The molecule has 0 unspecified atom stereocenters. The van der Waals surface area contributed by atoms with Gasteiger partial charge in [-0.3, -0.25) is 0 Å². The van der Waals surface area contributed by atoms with Gasteiger partial charge in [0, 0.05) is 18.6 Å². The van der Waals surface area contributed by atoms with E-state index in [4.69, 9.17) is 0 Å². The molecule has 2 aliphatic carbocycles. The van der Waals surface area contributed by atoms with Crippen molar-refractivity contribution in [3.8, 4) is 0 Å². The van der Waals surface area contributed by atoms with Gasteiger partial charge >= 0.3 is 6.03 Å². The molecule has 0 radical (unpaired) electrons.